The third kappa shape index (κ3) is 3.96. The van der Waals surface area contributed by atoms with Crippen molar-refractivity contribution >= 4 is 23.3 Å². The summed E-state index contributed by atoms with van der Waals surface area (Å²) in [6, 6.07) is 3.77. The van der Waals surface area contributed by atoms with Gasteiger partial charge in [-0.25, -0.2) is 4.98 Å². The van der Waals surface area contributed by atoms with Crippen molar-refractivity contribution < 1.29 is 9.59 Å². The van der Waals surface area contributed by atoms with Gasteiger partial charge in [0.15, 0.2) is 0 Å². The minimum absolute atomic E-state index is 0.0304. The molecule has 0 radical (unpaired) electrons. The fourth-order valence-corrected chi connectivity index (χ4v) is 2.22. The second-order valence-corrected chi connectivity index (χ2v) is 6.60. The maximum Gasteiger partial charge on any atom is 0.229 e. The molecule has 2 amide bonds. The molecule has 1 aliphatic rings. The lowest BCUT2D eigenvalue weighted by atomic mass is 9.96. The molecule has 6 nitrogen and oxygen atoms in total. The van der Waals surface area contributed by atoms with E-state index < -0.39 is 5.41 Å². The predicted molar refractivity (Wildman–Crippen MR) is 86.8 cm³/mol. The fourth-order valence-electron chi connectivity index (χ4n) is 2.22. The first-order chi connectivity index (χ1) is 10.3. The minimum atomic E-state index is -0.429. The van der Waals surface area contributed by atoms with Crippen molar-refractivity contribution in [3.63, 3.8) is 0 Å². The number of nitrogens with zero attached hydrogens (tertiary/aromatic N) is 3. The molecule has 1 fully saturated rings. The lowest BCUT2D eigenvalue weighted by molar-refractivity contribution is -0.129. The number of amides is 2. The van der Waals surface area contributed by atoms with E-state index in [4.69, 9.17) is 0 Å². The molecule has 0 aliphatic carbocycles. The number of pyridine rings is 1. The molecule has 2 heterocycles. The Bertz CT molecular complexity index is 540. The van der Waals surface area contributed by atoms with Gasteiger partial charge in [0.25, 0.3) is 0 Å². The maximum absolute atomic E-state index is 11.9. The van der Waals surface area contributed by atoms with Gasteiger partial charge in [-0.2, -0.15) is 0 Å². The number of hydrogen-bond acceptors (Lipinski definition) is 4. The number of hydrogen-bond donors (Lipinski definition) is 1. The molecule has 1 saturated heterocycles. The largest absolute Gasteiger partial charge is 0.353 e. The molecule has 1 N–H and O–H groups in total. The molecule has 0 spiro atoms. The quantitative estimate of drug-likeness (QED) is 0.904. The molecule has 6 heteroatoms. The molecule has 1 aliphatic heterocycles. The van der Waals surface area contributed by atoms with Gasteiger partial charge in [0.2, 0.25) is 11.8 Å². The Morgan fingerprint density at radius 3 is 2.23 bits per heavy atom. The van der Waals surface area contributed by atoms with Crippen LogP contribution in [0.15, 0.2) is 18.3 Å². The second kappa shape index (κ2) is 6.34. The van der Waals surface area contributed by atoms with Gasteiger partial charge in [0, 0.05) is 38.5 Å². The van der Waals surface area contributed by atoms with Gasteiger partial charge < -0.3 is 15.1 Å². The maximum atomic E-state index is 11.9. The van der Waals surface area contributed by atoms with Crippen LogP contribution in [0.3, 0.4) is 0 Å². The molecule has 0 bridgehead atoms. The summed E-state index contributed by atoms with van der Waals surface area (Å²) in [7, 11) is 0. The normalized spacial score (nSPS) is 15.6. The smallest absolute Gasteiger partial charge is 0.229 e. The van der Waals surface area contributed by atoms with E-state index in [2.05, 4.69) is 15.2 Å². The second-order valence-electron chi connectivity index (χ2n) is 6.60. The first-order valence-electron chi connectivity index (χ1n) is 7.55. The van der Waals surface area contributed by atoms with E-state index in [0.29, 0.717) is 5.69 Å². The van der Waals surface area contributed by atoms with Crippen molar-refractivity contribution in [1.29, 1.82) is 0 Å². The van der Waals surface area contributed by atoms with Crippen molar-refractivity contribution in [2.24, 2.45) is 5.41 Å². The van der Waals surface area contributed by atoms with Crippen molar-refractivity contribution in [2.75, 3.05) is 36.4 Å². The van der Waals surface area contributed by atoms with Crippen LogP contribution < -0.4 is 10.2 Å². The highest BCUT2D eigenvalue weighted by Crippen LogP contribution is 2.19. The Morgan fingerprint density at radius 1 is 1.14 bits per heavy atom. The van der Waals surface area contributed by atoms with E-state index in [1.807, 2.05) is 37.8 Å². The Morgan fingerprint density at radius 2 is 1.77 bits per heavy atom. The molecule has 0 unspecified atom stereocenters. The molecule has 2 rings (SSSR count). The highest BCUT2D eigenvalue weighted by atomic mass is 16.2. The summed E-state index contributed by atoms with van der Waals surface area (Å²) in [6.45, 7) is 10.2. The van der Waals surface area contributed by atoms with Gasteiger partial charge in [-0.1, -0.05) is 20.8 Å². The first kappa shape index (κ1) is 16.3. The summed E-state index contributed by atoms with van der Waals surface area (Å²) in [5.74, 6) is 0.960. The van der Waals surface area contributed by atoms with Crippen molar-refractivity contribution in [1.82, 2.24) is 9.88 Å². The van der Waals surface area contributed by atoms with Crippen LogP contribution in [0.5, 0.6) is 0 Å². The summed E-state index contributed by atoms with van der Waals surface area (Å²) in [5, 5.41) is 2.86. The Hall–Kier alpha value is -2.11. The van der Waals surface area contributed by atoms with Gasteiger partial charge in [0.1, 0.15) is 5.82 Å². The van der Waals surface area contributed by atoms with Crippen LogP contribution in [-0.2, 0) is 9.59 Å². The summed E-state index contributed by atoms with van der Waals surface area (Å²) in [4.78, 5) is 31.7. The zero-order chi connectivity index (χ0) is 16.3. The molecule has 1 aromatic rings. The van der Waals surface area contributed by atoms with E-state index in [0.717, 1.165) is 32.0 Å². The first-order valence-corrected chi connectivity index (χ1v) is 7.55. The third-order valence-corrected chi connectivity index (χ3v) is 3.74. The topological polar surface area (TPSA) is 65.5 Å². The Kier molecular flexibility index (Phi) is 4.68. The number of anilines is 2. The number of nitrogens with one attached hydrogen (secondary N) is 1. The zero-order valence-corrected chi connectivity index (χ0v) is 13.7. The van der Waals surface area contributed by atoms with E-state index in [1.165, 1.54) is 0 Å². The van der Waals surface area contributed by atoms with Crippen LogP contribution >= 0.6 is 0 Å². The third-order valence-electron chi connectivity index (χ3n) is 3.74. The van der Waals surface area contributed by atoms with Gasteiger partial charge in [-0.05, 0) is 12.1 Å². The summed E-state index contributed by atoms with van der Waals surface area (Å²) >= 11 is 0. The van der Waals surface area contributed by atoms with Gasteiger partial charge >= 0.3 is 0 Å². The Labute approximate surface area is 131 Å². The molecule has 0 saturated carbocycles. The van der Waals surface area contributed by atoms with E-state index in [9.17, 15) is 9.59 Å². The van der Waals surface area contributed by atoms with Crippen LogP contribution in [0.2, 0.25) is 0 Å². The fraction of sp³-hybridized carbons (Fsp3) is 0.562. The number of carbonyl (C=O) groups is 2. The molecule has 0 aromatic carbocycles. The van der Waals surface area contributed by atoms with E-state index >= 15 is 0 Å². The average molecular weight is 304 g/mol. The molecular weight excluding hydrogens is 280 g/mol. The summed E-state index contributed by atoms with van der Waals surface area (Å²) in [5.41, 5.74) is 0.271. The highest BCUT2D eigenvalue weighted by molar-refractivity contribution is 5.94. The molecular formula is C16H24N4O2. The summed E-state index contributed by atoms with van der Waals surface area (Å²) in [6.07, 6.45) is 1.68. The predicted octanol–water partition coefficient (Wildman–Crippen LogP) is 1.73. The zero-order valence-electron chi connectivity index (χ0n) is 13.7. The summed E-state index contributed by atoms with van der Waals surface area (Å²) < 4.78 is 0. The van der Waals surface area contributed by atoms with Crippen LogP contribution in [-0.4, -0.2) is 47.9 Å². The van der Waals surface area contributed by atoms with Crippen molar-refractivity contribution in [2.45, 2.75) is 27.7 Å². The van der Waals surface area contributed by atoms with Crippen molar-refractivity contribution in [3.8, 4) is 0 Å². The standard InChI is InChI=1S/C16H24N4O2/c1-12(21)19-7-9-20(10-8-19)14-6-5-13(11-17-14)18-15(22)16(2,3)4/h5-6,11H,7-10H2,1-4H3,(H,18,22). The lowest BCUT2D eigenvalue weighted by Crippen LogP contribution is -2.48. The molecule has 120 valence electrons. The monoisotopic (exact) mass is 304 g/mol. The molecule has 0 atom stereocenters. The lowest BCUT2D eigenvalue weighted by Gasteiger charge is -2.34. The number of carbonyl (C=O) groups excluding carboxylic acids is 2. The van der Waals surface area contributed by atoms with E-state index in [-0.39, 0.29) is 11.8 Å². The van der Waals surface area contributed by atoms with E-state index in [1.54, 1.807) is 13.1 Å². The van der Waals surface area contributed by atoms with Crippen LogP contribution in [0.25, 0.3) is 0 Å². The van der Waals surface area contributed by atoms with Gasteiger partial charge in [-0.15, -0.1) is 0 Å². The SMILES string of the molecule is CC(=O)N1CCN(c2ccc(NC(=O)C(C)(C)C)cn2)CC1. The van der Waals surface area contributed by atoms with Gasteiger partial charge in [-0.3, -0.25) is 9.59 Å². The van der Waals surface area contributed by atoms with Crippen LogP contribution in [0.4, 0.5) is 11.5 Å². The number of piperazine rings is 1. The van der Waals surface area contributed by atoms with Crippen LogP contribution in [0.1, 0.15) is 27.7 Å². The molecule has 22 heavy (non-hydrogen) atoms. The number of rotatable bonds is 2. The van der Waals surface area contributed by atoms with Crippen molar-refractivity contribution in [3.05, 3.63) is 18.3 Å². The molecule has 1 aromatic heterocycles. The average Bonchev–Trinajstić information content (AvgIpc) is 2.47. The van der Waals surface area contributed by atoms with Crippen LogP contribution in [0, 0.1) is 5.41 Å². The number of aromatic nitrogens is 1. The highest BCUT2D eigenvalue weighted by Gasteiger charge is 2.22. The minimum Gasteiger partial charge on any atom is -0.353 e. The Balaban J connectivity index is 1.95. The van der Waals surface area contributed by atoms with Gasteiger partial charge in [0.05, 0.1) is 11.9 Å².